The third kappa shape index (κ3) is 5.98. The van der Waals surface area contributed by atoms with Crippen LogP contribution in [0.1, 0.15) is 30.9 Å². The van der Waals surface area contributed by atoms with Crippen molar-refractivity contribution in [3.63, 3.8) is 0 Å². The first kappa shape index (κ1) is 23.3. The van der Waals surface area contributed by atoms with Gasteiger partial charge in [-0.25, -0.2) is 9.38 Å². The molecule has 1 aliphatic carbocycles. The molecule has 158 valence electrons. The molecule has 0 aromatic heterocycles. The van der Waals surface area contributed by atoms with E-state index in [-0.39, 0.29) is 35.2 Å². The average Bonchev–Trinajstić information content (AvgIpc) is 3.51. The highest BCUT2D eigenvalue weighted by atomic mass is 127. The van der Waals surface area contributed by atoms with Gasteiger partial charge in [0.15, 0.2) is 17.5 Å². The number of nitrogens with one attached hydrogen (secondary N) is 2. The molecular weight excluding hydrogens is 484 g/mol. The largest absolute Gasteiger partial charge is 0.493 e. The molecule has 0 atom stereocenters. The molecule has 1 saturated carbocycles. The van der Waals surface area contributed by atoms with E-state index >= 15 is 0 Å². The van der Waals surface area contributed by atoms with Gasteiger partial charge in [-0.3, -0.25) is 0 Å². The Kier molecular flexibility index (Phi) is 8.55. The Morgan fingerprint density at radius 3 is 2.31 bits per heavy atom. The van der Waals surface area contributed by atoms with Crippen molar-refractivity contribution in [1.82, 2.24) is 10.6 Å². The van der Waals surface area contributed by atoms with Gasteiger partial charge in [0, 0.05) is 18.5 Å². The van der Waals surface area contributed by atoms with Gasteiger partial charge in [-0.05, 0) is 55.2 Å². The van der Waals surface area contributed by atoms with Crippen LogP contribution < -0.4 is 20.1 Å². The van der Waals surface area contributed by atoms with Gasteiger partial charge in [-0.2, -0.15) is 0 Å². The molecule has 2 N–H and O–H groups in total. The molecule has 1 fully saturated rings. The SMILES string of the molecule is CCNC(=NCc1ccc(OC)c(OC)c1)NCC1(c2ccc(F)cc2)CC1.I. The van der Waals surface area contributed by atoms with E-state index in [1.54, 1.807) is 14.2 Å². The van der Waals surface area contributed by atoms with E-state index in [0.29, 0.717) is 18.0 Å². The van der Waals surface area contributed by atoms with Crippen molar-refractivity contribution in [1.29, 1.82) is 0 Å². The molecule has 0 spiro atoms. The predicted molar refractivity (Wildman–Crippen MR) is 125 cm³/mol. The Balaban J connectivity index is 0.00000300. The number of ether oxygens (including phenoxy) is 2. The monoisotopic (exact) mass is 513 g/mol. The second-order valence-corrected chi connectivity index (χ2v) is 7.03. The van der Waals surface area contributed by atoms with E-state index in [4.69, 9.17) is 14.5 Å². The first-order valence-electron chi connectivity index (χ1n) is 9.59. The Morgan fingerprint density at radius 1 is 1.03 bits per heavy atom. The first-order chi connectivity index (χ1) is 13.6. The number of hydrogen-bond donors (Lipinski definition) is 2. The summed E-state index contributed by atoms with van der Waals surface area (Å²) in [6, 6.07) is 12.6. The van der Waals surface area contributed by atoms with Crippen LogP contribution in [0.3, 0.4) is 0 Å². The van der Waals surface area contributed by atoms with Crippen molar-refractivity contribution in [3.05, 3.63) is 59.4 Å². The number of nitrogens with zero attached hydrogens (tertiary/aromatic N) is 1. The van der Waals surface area contributed by atoms with Crippen LogP contribution in [0, 0.1) is 5.82 Å². The van der Waals surface area contributed by atoms with Crippen molar-refractivity contribution >= 4 is 29.9 Å². The van der Waals surface area contributed by atoms with E-state index < -0.39 is 0 Å². The van der Waals surface area contributed by atoms with Crippen LogP contribution >= 0.6 is 24.0 Å². The second kappa shape index (κ2) is 10.7. The molecular formula is C22H29FIN3O2. The highest BCUT2D eigenvalue weighted by Gasteiger charge is 2.44. The normalized spacial score (nSPS) is 14.6. The lowest BCUT2D eigenvalue weighted by molar-refractivity contribution is 0.354. The summed E-state index contributed by atoms with van der Waals surface area (Å²) in [5.74, 6) is 1.97. The smallest absolute Gasteiger partial charge is 0.191 e. The summed E-state index contributed by atoms with van der Waals surface area (Å²) >= 11 is 0. The lowest BCUT2D eigenvalue weighted by Gasteiger charge is -2.19. The van der Waals surface area contributed by atoms with Crippen molar-refractivity contribution in [2.24, 2.45) is 4.99 Å². The molecule has 0 unspecified atom stereocenters. The molecule has 0 radical (unpaired) electrons. The Hall–Kier alpha value is -2.03. The molecule has 0 saturated heterocycles. The molecule has 0 heterocycles. The molecule has 0 amide bonds. The van der Waals surface area contributed by atoms with Crippen molar-refractivity contribution in [2.75, 3.05) is 27.3 Å². The summed E-state index contributed by atoms with van der Waals surface area (Å²) in [4.78, 5) is 4.69. The Labute approximate surface area is 189 Å². The molecule has 3 rings (SSSR count). The third-order valence-electron chi connectivity index (χ3n) is 5.12. The Bertz CT molecular complexity index is 823. The van der Waals surface area contributed by atoms with Crippen LogP contribution in [0.5, 0.6) is 11.5 Å². The van der Waals surface area contributed by atoms with Gasteiger partial charge in [0.1, 0.15) is 5.82 Å². The molecule has 2 aromatic carbocycles. The summed E-state index contributed by atoms with van der Waals surface area (Å²) < 4.78 is 23.8. The maximum Gasteiger partial charge on any atom is 0.191 e. The second-order valence-electron chi connectivity index (χ2n) is 7.03. The quantitative estimate of drug-likeness (QED) is 0.315. The number of hydrogen-bond acceptors (Lipinski definition) is 3. The van der Waals surface area contributed by atoms with Crippen molar-refractivity contribution in [2.45, 2.75) is 31.7 Å². The topological polar surface area (TPSA) is 54.9 Å². The number of halogens is 2. The number of aliphatic imine (C=N–C) groups is 1. The summed E-state index contributed by atoms with van der Waals surface area (Å²) in [7, 11) is 3.25. The molecule has 0 bridgehead atoms. The van der Waals surface area contributed by atoms with Crippen LogP contribution in [0.25, 0.3) is 0 Å². The summed E-state index contributed by atoms with van der Waals surface area (Å²) in [5.41, 5.74) is 2.29. The van der Waals surface area contributed by atoms with Crippen LogP contribution in [0.15, 0.2) is 47.5 Å². The van der Waals surface area contributed by atoms with Gasteiger partial charge in [0.2, 0.25) is 0 Å². The van der Waals surface area contributed by atoms with Gasteiger partial charge in [0.25, 0.3) is 0 Å². The van der Waals surface area contributed by atoms with Gasteiger partial charge in [-0.15, -0.1) is 24.0 Å². The lowest BCUT2D eigenvalue weighted by Crippen LogP contribution is -2.41. The van der Waals surface area contributed by atoms with Gasteiger partial charge in [-0.1, -0.05) is 18.2 Å². The minimum atomic E-state index is -0.197. The Morgan fingerprint density at radius 2 is 1.72 bits per heavy atom. The van der Waals surface area contributed by atoms with Crippen molar-refractivity contribution < 1.29 is 13.9 Å². The standard InChI is InChI=1S/C22H28FN3O2.HI/c1-4-24-21(25-14-16-5-10-19(27-2)20(13-16)28-3)26-15-22(11-12-22)17-6-8-18(23)9-7-17;/h5-10,13H,4,11-12,14-15H2,1-3H3,(H2,24,25,26);1H. The van der Waals surface area contributed by atoms with Gasteiger partial charge >= 0.3 is 0 Å². The number of methoxy groups -OCH3 is 2. The van der Waals surface area contributed by atoms with Crippen LogP contribution in [0.2, 0.25) is 0 Å². The van der Waals surface area contributed by atoms with Crippen LogP contribution in [0.4, 0.5) is 4.39 Å². The van der Waals surface area contributed by atoms with E-state index in [2.05, 4.69) is 10.6 Å². The van der Waals surface area contributed by atoms with E-state index in [1.165, 1.54) is 17.7 Å². The minimum absolute atomic E-state index is 0. The van der Waals surface area contributed by atoms with Crippen LogP contribution in [-0.4, -0.2) is 33.3 Å². The van der Waals surface area contributed by atoms with Gasteiger partial charge in [0.05, 0.1) is 20.8 Å². The zero-order valence-electron chi connectivity index (χ0n) is 17.1. The summed E-state index contributed by atoms with van der Waals surface area (Å²) in [6.45, 7) is 4.12. The van der Waals surface area contributed by atoms with E-state index in [1.807, 2.05) is 37.3 Å². The van der Waals surface area contributed by atoms with E-state index in [9.17, 15) is 4.39 Å². The highest BCUT2D eigenvalue weighted by molar-refractivity contribution is 14.0. The predicted octanol–water partition coefficient (Wildman–Crippen LogP) is 4.25. The lowest BCUT2D eigenvalue weighted by atomic mass is 9.96. The summed E-state index contributed by atoms with van der Waals surface area (Å²) in [6.07, 6.45) is 2.20. The maximum absolute atomic E-state index is 13.2. The fourth-order valence-electron chi connectivity index (χ4n) is 3.27. The molecule has 0 aliphatic heterocycles. The third-order valence-corrected chi connectivity index (χ3v) is 5.12. The zero-order valence-corrected chi connectivity index (χ0v) is 19.5. The number of benzene rings is 2. The van der Waals surface area contributed by atoms with Crippen molar-refractivity contribution in [3.8, 4) is 11.5 Å². The average molecular weight is 513 g/mol. The number of guanidine groups is 1. The van der Waals surface area contributed by atoms with Crippen LogP contribution in [-0.2, 0) is 12.0 Å². The fraction of sp³-hybridized carbons (Fsp3) is 0.409. The zero-order chi connectivity index (χ0) is 20.0. The molecule has 2 aromatic rings. The molecule has 29 heavy (non-hydrogen) atoms. The first-order valence-corrected chi connectivity index (χ1v) is 9.59. The molecule has 7 heteroatoms. The molecule has 1 aliphatic rings. The highest BCUT2D eigenvalue weighted by Crippen LogP contribution is 2.47. The fourth-order valence-corrected chi connectivity index (χ4v) is 3.27. The number of rotatable bonds is 8. The minimum Gasteiger partial charge on any atom is -0.493 e. The van der Waals surface area contributed by atoms with E-state index in [0.717, 1.165) is 37.5 Å². The van der Waals surface area contributed by atoms with Gasteiger partial charge < -0.3 is 20.1 Å². The molecule has 5 nitrogen and oxygen atoms in total. The summed E-state index contributed by atoms with van der Waals surface area (Å²) in [5, 5.41) is 6.74. The maximum atomic E-state index is 13.2.